The Morgan fingerprint density at radius 1 is 1.56 bits per heavy atom. The zero-order chi connectivity index (χ0) is 13.5. The molecule has 0 fully saturated rings. The van der Waals surface area contributed by atoms with Gasteiger partial charge in [-0.05, 0) is 30.9 Å². The van der Waals surface area contributed by atoms with Gasteiger partial charge in [-0.1, -0.05) is 6.92 Å². The minimum absolute atomic E-state index is 0.0567. The van der Waals surface area contributed by atoms with Crippen molar-refractivity contribution in [2.45, 2.75) is 26.3 Å². The Hall–Kier alpha value is -1.10. The average molecular weight is 269 g/mol. The molecule has 0 atom stereocenters. The van der Waals surface area contributed by atoms with Crippen LogP contribution in [0.4, 0.5) is 5.69 Å². The Morgan fingerprint density at radius 2 is 2.28 bits per heavy atom. The molecule has 0 unspecified atom stereocenters. The van der Waals surface area contributed by atoms with Crippen LogP contribution in [0.2, 0.25) is 0 Å². The van der Waals surface area contributed by atoms with Crippen molar-refractivity contribution in [1.29, 1.82) is 0 Å². The minimum atomic E-state index is 0.0567. The number of aromatic nitrogens is 1. The van der Waals surface area contributed by atoms with Gasteiger partial charge in [-0.25, -0.2) is 0 Å². The first kappa shape index (κ1) is 15.0. The van der Waals surface area contributed by atoms with Crippen LogP contribution in [0.3, 0.4) is 0 Å². The van der Waals surface area contributed by atoms with Crippen LogP contribution >= 0.6 is 11.8 Å². The first-order valence-electron chi connectivity index (χ1n) is 6.30. The second-order valence-corrected chi connectivity index (χ2v) is 5.41. The Kier molecular flexibility index (Phi) is 6.12. The maximum atomic E-state index is 12.3. The van der Waals surface area contributed by atoms with Crippen molar-refractivity contribution in [3.63, 3.8) is 0 Å². The summed E-state index contributed by atoms with van der Waals surface area (Å²) in [7, 11) is 1.85. The van der Waals surface area contributed by atoms with Gasteiger partial charge in [0.2, 0.25) is 0 Å². The van der Waals surface area contributed by atoms with Crippen molar-refractivity contribution in [3.05, 3.63) is 18.0 Å². The van der Waals surface area contributed by atoms with Gasteiger partial charge in [-0.3, -0.25) is 4.79 Å². The normalized spacial score (nSPS) is 10.6. The van der Waals surface area contributed by atoms with Crippen molar-refractivity contribution < 1.29 is 4.79 Å². The highest BCUT2D eigenvalue weighted by Crippen LogP contribution is 2.13. The molecule has 5 heteroatoms. The van der Waals surface area contributed by atoms with E-state index in [9.17, 15) is 4.79 Å². The fourth-order valence-electron chi connectivity index (χ4n) is 1.88. The zero-order valence-corrected chi connectivity index (χ0v) is 12.3. The van der Waals surface area contributed by atoms with E-state index in [1.54, 1.807) is 22.7 Å². The first-order chi connectivity index (χ1) is 8.60. The molecule has 1 heterocycles. The number of rotatable bonds is 7. The van der Waals surface area contributed by atoms with E-state index in [1.807, 2.05) is 17.8 Å². The maximum absolute atomic E-state index is 12.3. The van der Waals surface area contributed by atoms with Gasteiger partial charge in [0.1, 0.15) is 5.69 Å². The summed E-state index contributed by atoms with van der Waals surface area (Å²) in [6, 6.07) is 1.77. The largest absolute Gasteiger partial charge is 0.397 e. The molecule has 0 spiro atoms. The number of aryl methyl sites for hydroxylation is 1. The van der Waals surface area contributed by atoms with E-state index in [2.05, 4.69) is 13.2 Å². The van der Waals surface area contributed by atoms with Crippen LogP contribution < -0.4 is 5.73 Å². The monoisotopic (exact) mass is 269 g/mol. The molecule has 0 aliphatic carbocycles. The summed E-state index contributed by atoms with van der Waals surface area (Å²) in [5.74, 6) is 1.14. The van der Waals surface area contributed by atoms with Crippen LogP contribution in [0, 0.1) is 0 Å². The number of hydrogen-bond acceptors (Lipinski definition) is 3. The predicted octanol–water partition coefficient (Wildman–Crippen LogP) is 2.31. The van der Waals surface area contributed by atoms with Crippen molar-refractivity contribution >= 4 is 23.4 Å². The van der Waals surface area contributed by atoms with Crippen LogP contribution in [-0.2, 0) is 6.54 Å². The van der Waals surface area contributed by atoms with Gasteiger partial charge in [0.25, 0.3) is 5.91 Å². The van der Waals surface area contributed by atoms with Crippen LogP contribution in [-0.4, -0.2) is 41.0 Å². The van der Waals surface area contributed by atoms with Gasteiger partial charge in [-0.15, -0.1) is 0 Å². The second-order valence-electron chi connectivity index (χ2n) is 4.43. The Bertz CT molecular complexity index is 390. The van der Waals surface area contributed by atoms with Crippen LogP contribution in [0.1, 0.15) is 30.3 Å². The highest BCUT2D eigenvalue weighted by molar-refractivity contribution is 7.98. The molecule has 1 aromatic rings. The summed E-state index contributed by atoms with van der Waals surface area (Å²) in [6.45, 7) is 3.71. The van der Waals surface area contributed by atoms with E-state index < -0.39 is 0 Å². The highest BCUT2D eigenvalue weighted by Gasteiger charge is 2.16. The number of hydrogen-bond donors (Lipinski definition) is 1. The summed E-state index contributed by atoms with van der Waals surface area (Å²) in [4.78, 5) is 14.1. The topological polar surface area (TPSA) is 51.3 Å². The fourth-order valence-corrected chi connectivity index (χ4v) is 2.30. The average Bonchev–Trinajstić information content (AvgIpc) is 2.70. The molecule has 0 saturated heterocycles. The highest BCUT2D eigenvalue weighted by atomic mass is 32.2. The molecule has 1 aromatic heterocycles. The van der Waals surface area contributed by atoms with Gasteiger partial charge < -0.3 is 15.2 Å². The van der Waals surface area contributed by atoms with E-state index >= 15 is 0 Å². The van der Waals surface area contributed by atoms with Crippen LogP contribution in [0.15, 0.2) is 12.3 Å². The summed E-state index contributed by atoms with van der Waals surface area (Å²) in [5, 5.41) is 0. The molecule has 0 aliphatic rings. The lowest BCUT2D eigenvalue weighted by Gasteiger charge is -2.18. The van der Waals surface area contributed by atoms with Crippen molar-refractivity contribution in [2.24, 2.45) is 0 Å². The fraction of sp³-hybridized carbons (Fsp3) is 0.615. The molecule has 0 saturated carbocycles. The summed E-state index contributed by atoms with van der Waals surface area (Å²) in [5.41, 5.74) is 7.13. The van der Waals surface area contributed by atoms with Gasteiger partial charge in [0.15, 0.2) is 0 Å². The lowest BCUT2D eigenvalue weighted by molar-refractivity contribution is 0.0785. The van der Waals surface area contributed by atoms with E-state index in [1.165, 1.54) is 0 Å². The third-order valence-corrected chi connectivity index (χ3v) is 3.49. The third kappa shape index (κ3) is 3.98. The summed E-state index contributed by atoms with van der Waals surface area (Å²) < 4.78 is 1.95. The molecule has 0 aliphatic heterocycles. The SMILES string of the molecule is CCCn1cc(N)cc1C(=O)N(C)CCCSC. The smallest absolute Gasteiger partial charge is 0.270 e. The molecule has 2 N–H and O–H groups in total. The van der Waals surface area contributed by atoms with Crippen LogP contribution in [0.5, 0.6) is 0 Å². The minimum Gasteiger partial charge on any atom is -0.397 e. The van der Waals surface area contributed by atoms with Crippen LogP contribution in [0.25, 0.3) is 0 Å². The Labute approximate surface area is 114 Å². The first-order valence-corrected chi connectivity index (χ1v) is 7.69. The molecule has 0 radical (unpaired) electrons. The van der Waals surface area contributed by atoms with Gasteiger partial charge >= 0.3 is 0 Å². The number of nitrogens with zero attached hydrogens (tertiary/aromatic N) is 2. The molecular formula is C13H23N3OS. The number of nitrogen functional groups attached to an aromatic ring is 1. The summed E-state index contributed by atoms with van der Waals surface area (Å²) >= 11 is 1.80. The van der Waals surface area contributed by atoms with E-state index in [-0.39, 0.29) is 5.91 Å². The molecule has 18 heavy (non-hydrogen) atoms. The third-order valence-electron chi connectivity index (χ3n) is 2.79. The number of anilines is 1. The molecular weight excluding hydrogens is 246 g/mol. The lowest BCUT2D eigenvalue weighted by Crippen LogP contribution is -2.29. The second kappa shape index (κ2) is 7.36. The quantitative estimate of drug-likeness (QED) is 0.773. The lowest BCUT2D eigenvalue weighted by atomic mass is 10.3. The van der Waals surface area contributed by atoms with Crippen molar-refractivity contribution in [3.8, 4) is 0 Å². The van der Waals surface area contributed by atoms with E-state index in [4.69, 9.17) is 5.73 Å². The van der Waals surface area contributed by atoms with Crippen molar-refractivity contribution in [2.75, 3.05) is 31.3 Å². The standard InChI is InChI=1S/C13H23N3OS/c1-4-6-16-10-11(14)9-12(16)13(17)15(2)7-5-8-18-3/h9-10H,4-8,14H2,1-3H3. The number of amides is 1. The maximum Gasteiger partial charge on any atom is 0.270 e. The number of carbonyl (C=O) groups excluding carboxylic acids is 1. The number of carbonyl (C=O) groups is 1. The predicted molar refractivity (Wildman–Crippen MR) is 79.1 cm³/mol. The Balaban J connectivity index is 2.70. The molecule has 4 nitrogen and oxygen atoms in total. The van der Waals surface area contributed by atoms with E-state index in [0.29, 0.717) is 11.4 Å². The van der Waals surface area contributed by atoms with Gasteiger partial charge in [-0.2, -0.15) is 11.8 Å². The van der Waals surface area contributed by atoms with E-state index in [0.717, 1.165) is 31.7 Å². The molecule has 1 rings (SSSR count). The van der Waals surface area contributed by atoms with Gasteiger partial charge in [0.05, 0.1) is 5.69 Å². The Morgan fingerprint density at radius 3 is 2.89 bits per heavy atom. The molecule has 0 aromatic carbocycles. The van der Waals surface area contributed by atoms with Crippen molar-refractivity contribution in [1.82, 2.24) is 9.47 Å². The van der Waals surface area contributed by atoms with Gasteiger partial charge in [0, 0.05) is 26.3 Å². The zero-order valence-electron chi connectivity index (χ0n) is 11.5. The number of thioether (sulfide) groups is 1. The molecule has 1 amide bonds. The molecule has 102 valence electrons. The number of nitrogens with two attached hydrogens (primary N) is 1. The summed E-state index contributed by atoms with van der Waals surface area (Å²) in [6.07, 6.45) is 5.93. The molecule has 0 bridgehead atoms.